The quantitative estimate of drug-likeness (QED) is 0.901. The molecule has 0 aliphatic carbocycles. The molecule has 106 valence electrons. The van der Waals surface area contributed by atoms with Gasteiger partial charge in [-0.25, -0.2) is 0 Å². The first kappa shape index (κ1) is 14.8. The summed E-state index contributed by atoms with van der Waals surface area (Å²) in [6.07, 6.45) is 0.930. The molecule has 0 heterocycles. The van der Waals surface area contributed by atoms with Crippen molar-refractivity contribution in [1.82, 2.24) is 4.90 Å². The lowest BCUT2D eigenvalue weighted by molar-refractivity contribution is 0.403. The molecule has 0 radical (unpaired) electrons. The molecule has 0 saturated carbocycles. The molecule has 1 atom stereocenters. The highest BCUT2D eigenvalue weighted by Crippen LogP contribution is 2.25. The Labute approximate surface area is 122 Å². The van der Waals surface area contributed by atoms with Gasteiger partial charge in [0, 0.05) is 12.6 Å². The van der Waals surface area contributed by atoms with Gasteiger partial charge in [-0.15, -0.1) is 0 Å². The van der Waals surface area contributed by atoms with E-state index in [0.717, 1.165) is 13.0 Å². The molecule has 0 spiro atoms. The van der Waals surface area contributed by atoms with E-state index in [0.29, 0.717) is 0 Å². The van der Waals surface area contributed by atoms with Gasteiger partial charge in [-0.3, -0.25) is 0 Å². The van der Waals surface area contributed by atoms with Crippen molar-refractivity contribution in [3.05, 3.63) is 59.7 Å². The molecule has 0 aliphatic rings. The van der Waals surface area contributed by atoms with Gasteiger partial charge in [0.25, 0.3) is 0 Å². The van der Waals surface area contributed by atoms with Crippen LogP contribution in [0.15, 0.2) is 48.5 Å². The number of hydrogen-bond donors (Lipinski definition) is 1. The summed E-state index contributed by atoms with van der Waals surface area (Å²) in [5.41, 5.74) is 11.1. The maximum absolute atomic E-state index is 5.85. The molecule has 2 nitrogen and oxygen atoms in total. The van der Waals surface area contributed by atoms with Gasteiger partial charge >= 0.3 is 0 Å². The van der Waals surface area contributed by atoms with Crippen LogP contribution in [0.4, 0.5) is 0 Å². The van der Waals surface area contributed by atoms with Crippen molar-refractivity contribution in [2.75, 3.05) is 14.1 Å². The average molecular weight is 268 g/mol. The highest BCUT2D eigenvalue weighted by molar-refractivity contribution is 5.67. The van der Waals surface area contributed by atoms with E-state index in [-0.39, 0.29) is 6.04 Å². The van der Waals surface area contributed by atoms with Crippen LogP contribution >= 0.6 is 0 Å². The molecule has 0 aliphatic heterocycles. The van der Waals surface area contributed by atoms with Gasteiger partial charge in [0.05, 0.1) is 0 Å². The second kappa shape index (κ2) is 6.69. The van der Waals surface area contributed by atoms with Gasteiger partial charge < -0.3 is 10.6 Å². The lowest BCUT2D eigenvalue weighted by Crippen LogP contribution is -2.17. The maximum atomic E-state index is 5.85. The highest BCUT2D eigenvalue weighted by Gasteiger charge is 2.06. The van der Waals surface area contributed by atoms with Crippen LogP contribution in [0.5, 0.6) is 0 Å². The molecule has 2 aromatic rings. The van der Waals surface area contributed by atoms with E-state index in [1.807, 2.05) is 6.92 Å². The summed E-state index contributed by atoms with van der Waals surface area (Å²) in [6.45, 7) is 3.00. The predicted molar refractivity (Wildman–Crippen MR) is 86.6 cm³/mol. The molecule has 2 N–H and O–H groups in total. The minimum absolute atomic E-state index is 0.210. The molecule has 0 bridgehead atoms. The standard InChI is InChI=1S/C18H24N2/c1-14(19)12-15-8-10-16(11-9-15)18-7-5-4-6-17(18)13-20(2)3/h4-11,14H,12-13,19H2,1-3H3. The zero-order valence-electron chi connectivity index (χ0n) is 12.6. The highest BCUT2D eigenvalue weighted by atomic mass is 15.0. The summed E-state index contributed by atoms with van der Waals surface area (Å²) < 4.78 is 0. The second-order valence-corrected chi connectivity index (χ2v) is 5.77. The Morgan fingerprint density at radius 1 is 1.00 bits per heavy atom. The molecule has 0 aromatic heterocycles. The van der Waals surface area contributed by atoms with Gasteiger partial charge in [-0.1, -0.05) is 48.5 Å². The zero-order chi connectivity index (χ0) is 14.5. The largest absolute Gasteiger partial charge is 0.328 e. The van der Waals surface area contributed by atoms with E-state index >= 15 is 0 Å². The molecular weight excluding hydrogens is 244 g/mol. The topological polar surface area (TPSA) is 29.3 Å². The van der Waals surface area contributed by atoms with E-state index in [1.165, 1.54) is 22.3 Å². The minimum Gasteiger partial charge on any atom is -0.328 e. The first-order valence-electron chi connectivity index (χ1n) is 7.14. The molecule has 2 heteroatoms. The van der Waals surface area contributed by atoms with Gasteiger partial charge in [0.15, 0.2) is 0 Å². The Balaban J connectivity index is 2.27. The predicted octanol–water partition coefficient (Wildman–Crippen LogP) is 3.30. The molecule has 2 aromatic carbocycles. The molecule has 0 amide bonds. The third-order valence-electron chi connectivity index (χ3n) is 3.33. The van der Waals surface area contributed by atoms with Crippen LogP contribution in [0.2, 0.25) is 0 Å². The van der Waals surface area contributed by atoms with Crippen LogP contribution in [0.25, 0.3) is 11.1 Å². The smallest absolute Gasteiger partial charge is 0.0233 e. The van der Waals surface area contributed by atoms with Crippen molar-refractivity contribution in [3.63, 3.8) is 0 Å². The Bertz CT molecular complexity index is 542. The average Bonchev–Trinajstić information content (AvgIpc) is 2.39. The second-order valence-electron chi connectivity index (χ2n) is 5.77. The van der Waals surface area contributed by atoms with Gasteiger partial charge in [0.2, 0.25) is 0 Å². The van der Waals surface area contributed by atoms with Crippen LogP contribution in [0.1, 0.15) is 18.1 Å². The van der Waals surface area contributed by atoms with E-state index in [9.17, 15) is 0 Å². The van der Waals surface area contributed by atoms with Crippen molar-refractivity contribution in [3.8, 4) is 11.1 Å². The number of rotatable bonds is 5. The Kier molecular flexibility index (Phi) is 4.94. The monoisotopic (exact) mass is 268 g/mol. The fourth-order valence-electron chi connectivity index (χ4n) is 2.47. The van der Waals surface area contributed by atoms with E-state index in [4.69, 9.17) is 5.73 Å². The van der Waals surface area contributed by atoms with Crippen molar-refractivity contribution in [1.29, 1.82) is 0 Å². The Morgan fingerprint density at radius 2 is 1.65 bits per heavy atom. The van der Waals surface area contributed by atoms with Gasteiger partial charge in [-0.2, -0.15) is 0 Å². The molecule has 2 rings (SSSR count). The maximum Gasteiger partial charge on any atom is 0.0233 e. The summed E-state index contributed by atoms with van der Waals surface area (Å²) >= 11 is 0. The zero-order valence-corrected chi connectivity index (χ0v) is 12.6. The number of nitrogens with two attached hydrogens (primary N) is 1. The van der Waals surface area contributed by atoms with Gasteiger partial charge in [0.1, 0.15) is 0 Å². The van der Waals surface area contributed by atoms with E-state index in [2.05, 4.69) is 67.5 Å². The number of hydrogen-bond acceptors (Lipinski definition) is 2. The summed E-state index contributed by atoms with van der Waals surface area (Å²) in [5, 5.41) is 0. The van der Waals surface area contributed by atoms with Crippen molar-refractivity contribution in [2.24, 2.45) is 5.73 Å². The summed E-state index contributed by atoms with van der Waals surface area (Å²) in [6, 6.07) is 17.6. The van der Waals surface area contributed by atoms with Crippen LogP contribution in [-0.2, 0) is 13.0 Å². The normalized spacial score (nSPS) is 12.7. The van der Waals surface area contributed by atoms with E-state index < -0.39 is 0 Å². The lowest BCUT2D eigenvalue weighted by atomic mass is 9.97. The van der Waals surface area contributed by atoms with Crippen LogP contribution in [-0.4, -0.2) is 25.0 Å². The lowest BCUT2D eigenvalue weighted by Gasteiger charge is -2.15. The Hall–Kier alpha value is -1.64. The number of nitrogens with zero attached hydrogens (tertiary/aromatic N) is 1. The SMILES string of the molecule is CC(N)Cc1ccc(-c2ccccc2CN(C)C)cc1. The van der Waals surface area contributed by atoms with Crippen LogP contribution in [0, 0.1) is 0 Å². The molecular formula is C18H24N2. The van der Waals surface area contributed by atoms with Crippen molar-refractivity contribution >= 4 is 0 Å². The summed E-state index contributed by atoms with van der Waals surface area (Å²) in [7, 11) is 4.20. The molecule has 0 fully saturated rings. The first-order chi connectivity index (χ1) is 9.56. The minimum atomic E-state index is 0.210. The molecule has 20 heavy (non-hydrogen) atoms. The summed E-state index contributed by atoms with van der Waals surface area (Å²) in [5.74, 6) is 0. The third-order valence-corrected chi connectivity index (χ3v) is 3.33. The summed E-state index contributed by atoms with van der Waals surface area (Å²) in [4.78, 5) is 2.20. The van der Waals surface area contributed by atoms with E-state index in [1.54, 1.807) is 0 Å². The number of benzene rings is 2. The fraction of sp³-hybridized carbons (Fsp3) is 0.333. The molecule has 0 saturated heterocycles. The fourth-order valence-corrected chi connectivity index (χ4v) is 2.47. The molecule has 1 unspecified atom stereocenters. The van der Waals surface area contributed by atoms with Crippen LogP contribution < -0.4 is 5.73 Å². The first-order valence-corrected chi connectivity index (χ1v) is 7.14. The van der Waals surface area contributed by atoms with Gasteiger partial charge in [-0.05, 0) is 49.7 Å². The van der Waals surface area contributed by atoms with Crippen molar-refractivity contribution in [2.45, 2.75) is 25.9 Å². The van der Waals surface area contributed by atoms with Crippen molar-refractivity contribution < 1.29 is 0 Å². The Morgan fingerprint density at radius 3 is 2.25 bits per heavy atom. The van der Waals surface area contributed by atoms with Crippen LogP contribution in [0.3, 0.4) is 0 Å². The third kappa shape index (κ3) is 3.92.